The van der Waals surface area contributed by atoms with E-state index in [0.29, 0.717) is 49.2 Å². The number of likely N-dealkylation sites (tertiary alicyclic amines) is 2. The number of aromatic nitrogens is 5. The molecule has 2 saturated heterocycles. The fraction of sp³-hybridized carbons (Fsp3) is 0.455. The minimum absolute atomic E-state index is 0.0149. The van der Waals surface area contributed by atoms with Crippen LogP contribution in [0.1, 0.15) is 51.4 Å². The number of hydrogen-bond acceptors (Lipinski definition) is 7. The van der Waals surface area contributed by atoms with Crippen molar-refractivity contribution in [1.82, 2.24) is 34.5 Å². The number of imidazole rings is 1. The highest BCUT2D eigenvalue weighted by Gasteiger charge is 2.52. The second-order valence-corrected chi connectivity index (χ2v) is 8.68. The molecule has 1 unspecified atom stereocenters. The zero-order chi connectivity index (χ0) is 22.3. The quantitative estimate of drug-likeness (QED) is 0.615. The van der Waals surface area contributed by atoms with Crippen molar-refractivity contribution in [1.29, 1.82) is 0 Å². The molecule has 0 bridgehead atoms. The minimum atomic E-state index is -0.223. The molecule has 0 aromatic carbocycles. The molecule has 166 valence electrons. The number of aryl methyl sites for hydroxylation is 2. The monoisotopic (exact) mass is 435 g/mol. The van der Waals surface area contributed by atoms with Crippen molar-refractivity contribution in [3.05, 3.63) is 60.1 Å². The summed E-state index contributed by atoms with van der Waals surface area (Å²) >= 11 is 0. The van der Waals surface area contributed by atoms with Gasteiger partial charge in [-0.05, 0) is 25.0 Å². The number of nitrogens with zero attached hydrogens (tertiary/aromatic N) is 7. The van der Waals surface area contributed by atoms with E-state index in [2.05, 4.69) is 20.2 Å². The van der Waals surface area contributed by atoms with E-state index >= 15 is 0 Å². The highest BCUT2D eigenvalue weighted by molar-refractivity contribution is 5.94. The standard InChI is InChI=1S/C22H25N7O3/c1-15-25-26-19(32-15)17-12-29(21(31)18-11-24-14-27(18)2)13-22(17)5-8-28(9-6-22)20(30)16-4-3-7-23-10-16/h3-4,7,10-11,14,17H,5-6,8-9,12-13H2,1-2H3. The molecule has 2 aliphatic heterocycles. The molecule has 5 heterocycles. The SMILES string of the molecule is Cc1nnc(C2CN(C(=O)c3cncn3C)CC23CCN(C(=O)c2cccnc2)CC3)o1. The summed E-state index contributed by atoms with van der Waals surface area (Å²) < 4.78 is 7.55. The van der Waals surface area contributed by atoms with Crippen molar-refractivity contribution in [2.75, 3.05) is 26.2 Å². The molecule has 1 atom stereocenters. The number of hydrogen-bond donors (Lipinski definition) is 0. The number of amides is 2. The molecule has 1 spiro atoms. The third-order valence-electron chi connectivity index (χ3n) is 6.77. The molecule has 0 N–H and O–H groups in total. The van der Waals surface area contributed by atoms with Gasteiger partial charge in [-0.3, -0.25) is 14.6 Å². The first-order valence-electron chi connectivity index (χ1n) is 10.7. The summed E-state index contributed by atoms with van der Waals surface area (Å²) in [4.78, 5) is 38.0. The molecule has 3 aromatic rings. The predicted octanol–water partition coefficient (Wildman–Crippen LogP) is 1.67. The fourth-order valence-corrected chi connectivity index (χ4v) is 4.98. The summed E-state index contributed by atoms with van der Waals surface area (Å²) in [7, 11) is 1.81. The average Bonchev–Trinajstić information content (AvgIpc) is 3.53. The van der Waals surface area contributed by atoms with Crippen LogP contribution in [0.4, 0.5) is 0 Å². The van der Waals surface area contributed by atoms with E-state index in [4.69, 9.17) is 4.42 Å². The topological polar surface area (TPSA) is 110 Å². The second-order valence-electron chi connectivity index (χ2n) is 8.68. The first kappa shape index (κ1) is 20.3. The molecule has 5 rings (SSSR count). The van der Waals surface area contributed by atoms with Gasteiger partial charge < -0.3 is 18.8 Å². The lowest BCUT2D eigenvalue weighted by Gasteiger charge is -2.41. The van der Waals surface area contributed by atoms with E-state index in [1.54, 1.807) is 48.5 Å². The van der Waals surface area contributed by atoms with Crippen molar-refractivity contribution in [3.63, 3.8) is 0 Å². The van der Waals surface area contributed by atoms with Crippen LogP contribution in [-0.4, -0.2) is 72.5 Å². The summed E-state index contributed by atoms with van der Waals surface area (Å²) in [5.41, 5.74) is 0.914. The third kappa shape index (κ3) is 3.45. The van der Waals surface area contributed by atoms with Crippen LogP contribution < -0.4 is 0 Å². The van der Waals surface area contributed by atoms with Crippen molar-refractivity contribution < 1.29 is 14.0 Å². The van der Waals surface area contributed by atoms with Gasteiger partial charge in [0, 0.05) is 58.0 Å². The Hall–Kier alpha value is -3.56. The number of carbonyl (C=O) groups excluding carboxylic acids is 2. The maximum absolute atomic E-state index is 13.2. The van der Waals surface area contributed by atoms with Gasteiger partial charge in [-0.1, -0.05) is 0 Å². The third-order valence-corrected chi connectivity index (χ3v) is 6.77. The lowest BCUT2D eigenvalue weighted by Crippen LogP contribution is -2.46. The lowest BCUT2D eigenvalue weighted by atomic mass is 9.70. The molecule has 2 amide bonds. The van der Waals surface area contributed by atoms with Crippen LogP contribution in [0.5, 0.6) is 0 Å². The predicted molar refractivity (Wildman–Crippen MR) is 113 cm³/mol. The summed E-state index contributed by atoms with van der Waals surface area (Å²) in [5, 5.41) is 8.31. The van der Waals surface area contributed by atoms with Gasteiger partial charge in [-0.25, -0.2) is 4.98 Å². The van der Waals surface area contributed by atoms with E-state index in [0.717, 1.165) is 12.8 Å². The van der Waals surface area contributed by atoms with Gasteiger partial charge in [-0.15, -0.1) is 10.2 Å². The highest BCUT2D eigenvalue weighted by Crippen LogP contribution is 2.49. The van der Waals surface area contributed by atoms with Crippen molar-refractivity contribution in [2.45, 2.75) is 25.7 Å². The smallest absolute Gasteiger partial charge is 0.272 e. The maximum atomic E-state index is 13.2. The summed E-state index contributed by atoms with van der Waals surface area (Å²) in [6, 6.07) is 3.55. The van der Waals surface area contributed by atoms with Gasteiger partial charge in [0.05, 0.1) is 24.0 Å². The first-order chi connectivity index (χ1) is 15.5. The number of piperidine rings is 1. The Morgan fingerprint density at radius 1 is 1.09 bits per heavy atom. The molecule has 0 saturated carbocycles. The largest absolute Gasteiger partial charge is 0.425 e. The fourth-order valence-electron chi connectivity index (χ4n) is 4.98. The van der Waals surface area contributed by atoms with Crippen molar-refractivity contribution in [2.24, 2.45) is 12.5 Å². The molecule has 0 radical (unpaired) electrons. The van der Waals surface area contributed by atoms with Gasteiger partial charge in [0.25, 0.3) is 11.8 Å². The Morgan fingerprint density at radius 3 is 2.53 bits per heavy atom. The van der Waals surface area contributed by atoms with Crippen molar-refractivity contribution in [3.8, 4) is 0 Å². The molecule has 0 aliphatic carbocycles. The number of carbonyl (C=O) groups is 2. The molecular formula is C22H25N7O3. The summed E-state index contributed by atoms with van der Waals surface area (Å²) in [6.45, 7) is 4.06. The first-order valence-corrected chi connectivity index (χ1v) is 10.7. The summed E-state index contributed by atoms with van der Waals surface area (Å²) in [5.74, 6) is 0.929. The molecule has 10 heteroatoms. The van der Waals surface area contributed by atoms with Crippen LogP contribution in [0.3, 0.4) is 0 Å². The van der Waals surface area contributed by atoms with Gasteiger partial charge in [0.2, 0.25) is 11.8 Å². The molecule has 10 nitrogen and oxygen atoms in total. The van der Waals surface area contributed by atoms with E-state index in [1.807, 2.05) is 16.8 Å². The molecule has 2 aliphatic rings. The van der Waals surface area contributed by atoms with Crippen molar-refractivity contribution >= 4 is 11.8 Å². The second kappa shape index (κ2) is 7.85. The van der Waals surface area contributed by atoms with Crippen LogP contribution in [0.25, 0.3) is 0 Å². The molecule has 3 aromatic heterocycles. The molecule has 32 heavy (non-hydrogen) atoms. The zero-order valence-electron chi connectivity index (χ0n) is 18.1. The van der Waals surface area contributed by atoms with Crippen LogP contribution in [-0.2, 0) is 7.05 Å². The van der Waals surface area contributed by atoms with Gasteiger partial charge in [0.1, 0.15) is 5.69 Å². The zero-order valence-corrected chi connectivity index (χ0v) is 18.1. The Labute approximate surface area is 185 Å². The Bertz CT molecular complexity index is 1130. The minimum Gasteiger partial charge on any atom is -0.425 e. The van der Waals surface area contributed by atoms with Crippen LogP contribution in [0, 0.1) is 12.3 Å². The Kier molecular flexibility index (Phi) is 4.99. The Morgan fingerprint density at radius 2 is 1.91 bits per heavy atom. The number of pyridine rings is 1. The van der Waals surface area contributed by atoms with E-state index in [-0.39, 0.29) is 23.1 Å². The van der Waals surface area contributed by atoms with E-state index < -0.39 is 0 Å². The van der Waals surface area contributed by atoms with Crippen LogP contribution in [0.2, 0.25) is 0 Å². The van der Waals surface area contributed by atoms with E-state index in [1.165, 1.54) is 0 Å². The van der Waals surface area contributed by atoms with Gasteiger partial charge >= 0.3 is 0 Å². The van der Waals surface area contributed by atoms with Crippen LogP contribution in [0.15, 0.2) is 41.5 Å². The molecule has 2 fully saturated rings. The van der Waals surface area contributed by atoms with Gasteiger partial charge in [0.15, 0.2) is 0 Å². The molecular weight excluding hydrogens is 410 g/mol. The lowest BCUT2D eigenvalue weighted by molar-refractivity contribution is 0.0527. The number of rotatable bonds is 3. The highest BCUT2D eigenvalue weighted by atomic mass is 16.4. The maximum Gasteiger partial charge on any atom is 0.272 e. The normalized spacial score (nSPS) is 20.1. The average molecular weight is 435 g/mol. The summed E-state index contributed by atoms with van der Waals surface area (Å²) in [6.07, 6.45) is 7.97. The van der Waals surface area contributed by atoms with E-state index in [9.17, 15) is 9.59 Å². The Balaban J connectivity index is 1.39. The van der Waals surface area contributed by atoms with Crippen LogP contribution >= 0.6 is 0 Å². The van der Waals surface area contributed by atoms with Gasteiger partial charge in [-0.2, -0.15) is 0 Å².